The first-order chi connectivity index (χ1) is 16.8. The van der Waals surface area contributed by atoms with E-state index in [1.807, 2.05) is 35.4 Å². The summed E-state index contributed by atoms with van der Waals surface area (Å²) in [5.41, 5.74) is 3.15. The van der Waals surface area contributed by atoms with Crippen molar-refractivity contribution < 1.29 is 14.3 Å². The number of H-pyrrole nitrogens is 1. The molecule has 0 saturated carbocycles. The summed E-state index contributed by atoms with van der Waals surface area (Å²) in [5, 5.41) is 8.47. The molecule has 3 heterocycles. The van der Waals surface area contributed by atoms with E-state index in [0.717, 1.165) is 82.9 Å². The molecule has 2 aliphatic heterocycles. The van der Waals surface area contributed by atoms with Gasteiger partial charge in [-0.15, -0.1) is 0 Å². The number of benzene rings is 2. The Morgan fingerprint density at radius 3 is 2.88 bits per heavy atom. The Labute approximate surface area is 201 Å². The molecule has 7 nitrogen and oxygen atoms in total. The molecular weight excluding hydrogens is 428 g/mol. The lowest BCUT2D eigenvalue weighted by molar-refractivity contribution is 0.0322. The molecule has 1 amide bonds. The van der Waals surface area contributed by atoms with Crippen LogP contribution >= 0.6 is 0 Å². The van der Waals surface area contributed by atoms with Crippen molar-refractivity contribution in [2.24, 2.45) is 5.92 Å². The molecule has 0 aliphatic carbocycles. The summed E-state index contributed by atoms with van der Waals surface area (Å²) in [5.74, 6) is 1.45. The molecule has 34 heavy (non-hydrogen) atoms. The maximum atomic E-state index is 13.3. The minimum atomic E-state index is 0.108. The number of nitrogens with one attached hydrogen (secondary N) is 1. The van der Waals surface area contributed by atoms with E-state index in [-0.39, 0.29) is 5.91 Å². The van der Waals surface area contributed by atoms with E-state index in [1.54, 1.807) is 0 Å². The minimum absolute atomic E-state index is 0.108. The average Bonchev–Trinajstić information content (AvgIpc) is 3.25. The van der Waals surface area contributed by atoms with E-state index in [9.17, 15) is 4.79 Å². The molecule has 5 rings (SSSR count). The highest BCUT2D eigenvalue weighted by Crippen LogP contribution is 2.26. The Bertz CT molecular complexity index is 1090. The highest BCUT2D eigenvalue weighted by Gasteiger charge is 2.23. The van der Waals surface area contributed by atoms with Gasteiger partial charge in [-0.25, -0.2) is 0 Å². The normalized spacial score (nSPS) is 19.8. The summed E-state index contributed by atoms with van der Waals surface area (Å²) >= 11 is 0. The number of ether oxygens (including phenoxy) is 2. The smallest absolute Gasteiger partial charge is 0.253 e. The van der Waals surface area contributed by atoms with Crippen LogP contribution in [0.15, 0.2) is 48.7 Å². The number of fused-ring (bicyclic) bond motifs is 1. The number of carbonyl (C=O) groups excluding carboxylic acids is 1. The third-order valence-corrected chi connectivity index (χ3v) is 7.08. The van der Waals surface area contributed by atoms with Crippen LogP contribution in [0.1, 0.15) is 35.2 Å². The number of hydrogen-bond donors (Lipinski definition) is 1. The lowest BCUT2D eigenvalue weighted by Gasteiger charge is -2.26. The van der Waals surface area contributed by atoms with E-state index in [2.05, 4.69) is 33.3 Å². The van der Waals surface area contributed by atoms with Crippen molar-refractivity contribution in [1.29, 1.82) is 0 Å². The largest absolute Gasteiger partial charge is 0.492 e. The van der Waals surface area contributed by atoms with Crippen LogP contribution in [-0.4, -0.2) is 78.4 Å². The van der Waals surface area contributed by atoms with Crippen LogP contribution in [-0.2, 0) is 11.2 Å². The quantitative estimate of drug-likeness (QED) is 0.579. The van der Waals surface area contributed by atoms with E-state index < -0.39 is 0 Å². The zero-order valence-electron chi connectivity index (χ0n) is 19.7. The third kappa shape index (κ3) is 5.59. The predicted molar refractivity (Wildman–Crippen MR) is 132 cm³/mol. The highest BCUT2D eigenvalue weighted by molar-refractivity contribution is 5.94. The van der Waals surface area contributed by atoms with Gasteiger partial charge in [0, 0.05) is 43.7 Å². The summed E-state index contributed by atoms with van der Waals surface area (Å²) < 4.78 is 11.4. The van der Waals surface area contributed by atoms with Gasteiger partial charge in [0.05, 0.1) is 24.9 Å². The predicted octanol–water partition coefficient (Wildman–Crippen LogP) is 3.76. The molecule has 7 heteroatoms. The molecule has 2 saturated heterocycles. The number of nitrogens with zero attached hydrogens (tertiary/aromatic N) is 3. The van der Waals surface area contributed by atoms with E-state index in [4.69, 9.17) is 9.47 Å². The van der Waals surface area contributed by atoms with Gasteiger partial charge in [0.2, 0.25) is 0 Å². The zero-order chi connectivity index (χ0) is 23.2. The third-order valence-electron chi connectivity index (χ3n) is 7.08. The van der Waals surface area contributed by atoms with Crippen LogP contribution in [0.5, 0.6) is 5.75 Å². The number of aromatic amines is 1. The van der Waals surface area contributed by atoms with Crippen LogP contribution in [0, 0.1) is 5.92 Å². The standard InChI is InChI=1S/C27H34N4O3/c32-27(23-6-1-7-24(19-23)34-17-14-30-12-15-33-16-13-30)31-10-3-4-21(9-11-31)18-22-5-2-8-26-25(22)20-28-29-26/h1-2,5-8,19-21H,3-4,9-18H2,(H,28,29). The summed E-state index contributed by atoms with van der Waals surface area (Å²) in [4.78, 5) is 17.6. The van der Waals surface area contributed by atoms with Crippen LogP contribution in [0.4, 0.5) is 0 Å². The Morgan fingerprint density at radius 2 is 1.97 bits per heavy atom. The van der Waals surface area contributed by atoms with Crippen molar-refractivity contribution in [1.82, 2.24) is 20.0 Å². The summed E-state index contributed by atoms with van der Waals surface area (Å²) in [6.45, 7) is 6.60. The number of morpholine rings is 1. The van der Waals surface area contributed by atoms with Gasteiger partial charge in [0.15, 0.2) is 0 Å². The van der Waals surface area contributed by atoms with E-state index in [0.29, 0.717) is 18.1 Å². The first-order valence-corrected chi connectivity index (χ1v) is 12.5. The Balaban J connectivity index is 1.15. The van der Waals surface area contributed by atoms with Crippen molar-refractivity contribution in [3.63, 3.8) is 0 Å². The molecule has 0 spiro atoms. The van der Waals surface area contributed by atoms with Gasteiger partial charge in [-0.05, 0) is 61.4 Å². The topological polar surface area (TPSA) is 70.7 Å². The molecule has 1 aromatic heterocycles. The van der Waals surface area contributed by atoms with Crippen molar-refractivity contribution >= 4 is 16.8 Å². The molecule has 2 aliphatic rings. The van der Waals surface area contributed by atoms with Gasteiger partial charge < -0.3 is 14.4 Å². The fourth-order valence-corrected chi connectivity index (χ4v) is 5.11. The first kappa shape index (κ1) is 22.9. The molecule has 2 fully saturated rings. The molecule has 1 N–H and O–H groups in total. The first-order valence-electron chi connectivity index (χ1n) is 12.5. The van der Waals surface area contributed by atoms with Crippen LogP contribution in [0.2, 0.25) is 0 Å². The maximum absolute atomic E-state index is 13.3. The molecule has 3 aromatic rings. The van der Waals surface area contributed by atoms with Gasteiger partial charge in [0.1, 0.15) is 12.4 Å². The molecule has 1 unspecified atom stereocenters. The lowest BCUT2D eigenvalue weighted by atomic mass is 9.91. The van der Waals surface area contributed by atoms with Gasteiger partial charge in [-0.3, -0.25) is 14.8 Å². The van der Waals surface area contributed by atoms with Gasteiger partial charge in [-0.1, -0.05) is 18.2 Å². The summed E-state index contributed by atoms with van der Waals surface area (Å²) in [7, 11) is 0. The van der Waals surface area contributed by atoms with Crippen molar-refractivity contribution in [3.05, 3.63) is 59.8 Å². The van der Waals surface area contributed by atoms with Crippen molar-refractivity contribution in [2.75, 3.05) is 52.5 Å². The molecule has 2 aromatic carbocycles. The number of hydrogen-bond acceptors (Lipinski definition) is 5. The fourth-order valence-electron chi connectivity index (χ4n) is 5.11. The lowest BCUT2D eigenvalue weighted by Crippen LogP contribution is -2.38. The Hall–Kier alpha value is -2.90. The van der Waals surface area contributed by atoms with E-state index in [1.165, 1.54) is 10.9 Å². The average molecular weight is 463 g/mol. The second kappa shape index (κ2) is 11.0. The summed E-state index contributed by atoms with van der Waals surface area (Å²) in [6, 6.07) is 14.0. The number of rotatable bonds is 7. The van der Waals surface area contributed by atoms with Crippen molar-refractivity contribution in [2.45, 2.75) is 25.7 Å². The van der Waals surface area contributed by atoms with E-state index >= 15 is 0 Å². The van der Waals surface area contributed by atoms with Gasteiger partial charge in [-0.2, -0.15) is 5.10 Å². The molecule has 0 bridgehead atoms. The monoisotopic (exact) mass is 462 g/mol. The second-order valence-electron chi connectivity index (χ2n) is 9.37. The van der Waals surface area contributed by atoms with Crippen LogP contribution in [0.25, 0.3) is 10.9 Å². The highest BCUT2D eigenvalue weighted by atomic mass is 16.5. The van der Waals surface area contributed by atoms with Gasteiger partial charge in [0.25, 0.3) is 5.91 Å². The van der Waals surface area contributed by atoms with Crippen LogP contribution < -0.4 is 4.74 Å². The number of likely N-dealkylation sites (tertiary alicyclic amines) is 1. The van der Waals surface area contributed by atoms with Crippen LogP contribution in [0.3, 0.4) is 0 Å². The minimum Gasteiger partial charge on any atom is -0.492 e. The molecule has 180 valence electrons. The summed E-state index contributed by atoms with van der Waals surface area (Å²) in [6.07, 6.45) is 6.16. The number of aromatic nitrogens is 2. The Kier molecular flexibility index (Phi) is 7.41. The maximum Gasteiger partial charge on any atom is 0.253 e. The second-order valence-corrected chi connectivity index (χ2v) is 9.37. The van der Waals surface area contributed by atoms with Gasteiger partial charge >= 0.3 is 0 Å². The zero-order valence-corrected chi connectivity index (χ0v) is 19.7. The number of amides is 1. The molecule has 0 radical (unpaired) electrons. The molecular formula is C27H34N4O3. The molecule has 1 atom stereocenters. The fraction of sp³-hybridized carbons (Fsp3) is 0.481. The Morgan fingerprint density at radius 1 is 1.09 bits per heavy atom. The number of carbonyl (C=O) groups is 1. The van der Waals surface area contributed by atoms with Crippen molar-refractivity contribution in [3.8, 4) is 5.75 Å². The SMILES string of the molecule is O=C(c1cccc(OCCN2CCOCC2)c1)N1CCCC(Cc2cccc3[nH]ncc23)CC1.